The molecule has 1 atom stereocenters. The molecule has 0 spiro atoms. The van der Waals surface area contributed by atoms with E-state index >= 15 is 0 Å². The van der Waals surface area contributed by atoms with Gasteiger partial charge in [-0.05, 0) is 19.8 Å². The van der Waals surface area contributed by atoms with Gasteiger partial charge in [-0.25, -0.2) is 0 Å². The number of hydrogen-bond acceptors (Lipinski definition) is 2. The van der Waals surface area contributed by atoms with Gasteiger partial charge in [0, 0.05) is 6.61 Å². The third-order valence-corrected chi connectivity index (χ3v) is 1.60. The lowest BCUT2D eigenvalue weighted by Crippen LogP contribution is -2.02. The normalized spacial score (nSPS) is 22.8. The van der Waals surface area contributed by atoms with Gasteiger partial charge in [0.25, 0.3) is 0 Å². The minimum Gasteiger partial charge on any atom is -0.379 e. The number of rotatable bonds is 6. The van der Waals surface area contributed by atoms with Gasteiger partial charge in [-0.1, -0.05) is 12.2 Å². The molecule has 2 heteroatoms. The molecule has 0 bridgehead atoms. The summed E-state index contributed by atoms with van der Waals surface area (Å²) in [4.78, 5) is 0. The highest BCUT2D eigenvalue weighted by molar-refractivity contribution is 4.76. The molecular weight excluding hydrogens is 140 g/mol. The third kappa shape index (κ3) is 4.99. The second-order valence-electron chi connectivity index (χ2n) is 2.74. The molecular formula is C9H16O2. The van der Waals surface area contributed by atoms with Crippen molar-refractivity contribution >= 4 is 0 Å². The first kappa shape index (κ1) is 8.75. The number of ether oxygens (including phenoxy) is 2. The van der Waals surface area contributed by atoms with Crippen LogP contribution in [-0.2, 0) is 9.47 Å². The molecule has 1 aliphatic heterocycles. The van der Waals surface area contributed by atoms with Gasteiger partial charge in [0.1, 0.15) is 6.10 Å². The van der Waals surface area contributed by atoms with E-state index in [9.17, 15) is 0 Å². The van der Waals surface area contributed by atoms with Crippen molar-refractivity contribution in [2.75, 3.05) is 19.8 Å². The second kappa shape index (κ2) is 5.33. The first-order valence-electron chi connectivity index (χ1n) is 4.24. The summed E-state index contributed by atoms with van der Waals surface area (Å²) in [5, 5.41) is 0. The maximum Gasteiger partial charge on any atom is 0.104 e. The van der Waals surface area contributed by atoms with Crippen LogP contribution in [0.3, 0.4) is 0 Å². The lowest BCUT2D eigenvalue weighted by molar-refractivity contribution is 0.115. The van der Waals surface area contributed by atoms with Crippen LogP contribution >= 0.6 is 0 Å². The molecule has 0 aromatic rings. The smallest absolute Gasteiger partial charge is 0.104 e. The van der Waals surface area contributed by atoms with Crippen LogP contribution in [-0.4, -0.2) is 25.9 Å². The van der Waals surface area contributed by atoms with Gasteiger partial charge in [0.05, 0.1) is 13.2 Å². The van der Waals surface area contributed by atoms with Crippen LogP contribution in [0.4, 0.5) is 0 Å². The molecule has 1 unspecified atom stereocenters. The fraction of sp³-hybridized carbons (Fsp3) is 0.778. The van der Waals surface area contributed by atoms with Crippen LogP contribution in [0.5, 0.6) is 0 Å². The topological polar surface area (TPSA) is 21.8 Å². The van der Waals surface area contributed by atoms with Gasteiger partial charge in [0.15, 0.2) is 0 Å². The van der Waals surface area contributed by atoms with Crippen LogP contribution in [0, 0.1) is 0 Å². The first-order chi connectivity index (χ1) is 5.43. The van der Waals surface area contributed by atoms with Crippen LogP contribution < -0.4 is 0 Å². The summed E-state index contributed by atoms with van der Waals surface area (Å²) in [6, 6.07) is 0. The molecule has 0 aromatic heterocycles. The van der Waals surface area contributed by atoms with E-state index < -0.39 is 0 Å². The van der Waals surface area contributed by atoms with Crippen molar-refractivity contribution in [3.8, 4) is 0 Å². The lowest BCUT2D eigenvalue weighted by atomic mass is 10.3. The minimum absolute atomic E-state index is 0.414. The van der Waals surface area contributed by atoms with Crippen LogP contribution in [0.2, 0.25) is 0 Å². The number of hydrogen-bond donors (Lipinski definition) is 0. The van der Waals surface area contributed by atoms with Crippen molar-refractivity contribution in [2.24, 2.45) is 0 Å². The van der Waals surface area contributed by atoms with E-state index in [4.69, 9.17) is 9.47 Å². The van der Waals surface area contributed by atoms with Crippen LogP contribution in [0.1, 0.15) is 19.8 Å². The molecule has 1 saturated heterocycles. The van der Waals surface area contributed by atoms with E-state index in [1.807, 2.05) is 6.92 Å². The molecule has 0 aliphatic carbocycles. The quantitative estimate of drug-likeness (QED) is 0.332. The zero-order valence-electron chi connectivity index (χ0n) is 7.08. The summed E-state index contributed by atoms with van der Waals surface area (Å²) >= 11 is 0. The Morgan fingerprint density at radius 1 is 1.64 bits per heavy atom. The van der Waals surface area contributed by atoms with E-state index in [1.165, 1.54) is 0 Å². The maximum atomic E-state index is 5.35. The maximum absolute atomic E-state index is 5.35. The molecule has 64 valence electrons. The van der Waals surface area contributed by atoms with Crippen molar-refractivity contribution in [3.05, 3.63) is 12.2 Å². The Morgan fingerprint density at radius 2 is 2.45 bits per heavy atom. The van der Waals surface area contributed by atoms with Crippen molar-refractivity contribution in [1.29, 1.82) is 0 Å². The minimum atomic E-state index is 0.414. The Balaban J connectivity index is 1.72. The van der Waals surface area contributed by atoms with E-state index in [0.717, 1.165) is 32.7 Å². The standard InChI is InChI=1S/C9H16O2/c1-2-3-4-5-6-10-7-9-8-11-9/h2-3,9H,4-8H2,1H3. The Labute approximate surface area is 68.2 Å². The zero-order chi connectivity index (χ0) is 7.94. The van der Waals surface area contributed by atoms with Gasteiger partial charge < -0.3 is 9.47 Å². The van der Waals surface area contributed by atoms with Crippen LogP contribution in [0.15, 0.2) is 12.2 Å². The Hall–Kier alpha value is -0.340. The van der Waals surface area contributed by atoms with Gasteiger partial charge in [0.2, 0.25) is 0 Å². The Bertz CT molecular complexity index is 117. The van der Waals surface area contributed by atoms with E-state index in [-0.39, 0.29) is 0 Å². The van der Waals surface area contributed by atoms with Gasteiger partial charge in [-0.2, -0.15) is 0 Å². The largest absolute Gasteiger partial charge is 0.379 e. The first-order valence-corrected chi connectivity index (χ1v) is 4.24. The van der Waals surface area contributed by atoms with E-state index in [2.05, 4.69) is 12.2 Å². The summed E-state index contributed by atoms with van der Waals surface area (Å²) in [5.74, 6) is 0. The monoisotopic (exact) mass is 156 g/mol. The summed E-state index contributed by atoms with van der Waals surface area (Å²) < 4.78 is 10.3. The summed E-state index contributed by atoms with van der Waals surface area (Å²) in [6.07, 6.45) is 6.90. The number of allylic oxidation sites excluding steroid dienone is 2. The summed E-state index contributed by atoms with van der Waals surface area (Å²) in [6.45, 7) is 4.59. The molecule has 1 aliphatic rings. The highest BCUT2D eigenvalue weighted by atomic mass is 16.6. The molecule has 0 N–H and O–H groups in total. The van der Waals surface area contributed by atoms with Gasteiger partial charge in [-0.3, -0.25) is 0 Å². The average molecular weight is 156 g/mol. The molecule has 2 nitrogen and oxygen atoms in total. The molecule has 0 amide bonds. The average Bonchev–Trinajstić information content (AvgIpc) is 2.80. The van der Waals surface area contributed by atoms with Gasteiger partial charge in [-0.15, -0.1) is 0 Å². The van der Waals surface area contributed by atoms with Crippen molar-refractivity contribution in [2.45, 2.75) is 25.9 Å². The third-order valence-electron chi connectivity index (χ3n) is 1.60. The second-order valence-corrected chi connectivity index (χ2v) is 2.74. The predicted octanol–water partition coefficient (Wildman–Crippen LogP) is 1.76. The molecule has 0 radical (unpaired) electrons. The van der Waals surface area contributed by atoms with Crippen molar-refractivity contribution < 1.29 is 9.47 Å². The molecule has 1 heterocycles. The molecule has 0 aromatic carbocycles. The Morgan fingerprint density at radius 3 is 3.09 bits per heavy atom. The van der Waals surface area contributed by atoms with Crippen molar-refractivity contribution in [3.63, 3.8) is 0 Å². The Kier molecular flexibility index (Phi) is 4.24. The molecule has 1 rings (SSSR count). The summed E-state index contributed by atoms with van der Waals surface area (Å²) in [7, 11) is 0. The highest BCUT2D eigenvalue weighted by Crippen LogP contribution is 2.08. The fourth-order valence-corrected chi connectivity index (χ4v) is 0.849. The highest BCUT2D eigenvalue weighted by Gasteiger charge is 2.21. The van der Waals surface area contributed by atoms with Crippen LogP contribution in [0.25, 0.3) is 0 Å². The number of unbranched alkanes of at least 4 members (excludes halogenated alkanes) is 1. The fourth-order valence-electron chi connectivity index (χ4n) is 0.849. The predicted molar refractivity (Wildman–Crippen MR) is 44.6 cm³/mol. The lowest BCUT2D eigenvalue weighted by Gasteiger charge is -1.98. The SMILES string of the molecule is CC=CCCCOCC1CO1. The molecule has 11 heavy (non-hydrogen) atoms. The zero-order valence-corrected chi connectivity index (χ0v) is 7.08. The van der Waals surface area contributed by atoms with E-state index in [1.54, 1.807) is 0 Å². The number of epoxide rings is 1. The van der Waals surface area contributed by atoms with Gasteiger partial charge >= 0.3 is 0 Å². The summed E-state index contributed by atoms with van der Waals surface area (Å²) in [5.41, 5.74) is 0. The molecule has 1 fully saturated rings. The molecule has 0 saturated carbocycles. The van der Waals surface area contributed by atoms with E-state index in [0.29, 0.717) is 6.10 Å². The van der Waals surface area contributed by atoms with Crippen molar-refractivity contribution in [1.82, 2.24) is 0 Å².